The second kappa shape index (κ2) is 57.9. The van der Waals surface area contributed by atoms with E-state index in [0.29, 0.717) is 0 Å². The van der Waals surface area contributed by atoms with E-state index in [4.69, 9.17) is 0 Å². The van der Waals surface area contributed by atoms with Gasteiger partial charge in [0.2, 0.25) is 0 Å². The van der Waals surface area contributed by atoms with Crippen LogP contribution in [0.5, 0.6) is 0 Å². The predicted molar refractivity (Wildman–Crippen MR) is 82.1 cm³/mol. The summed E-state index contributed by atoms with van der Waals surface area (Å²) in [6.07, 6.45) is 4.89. The predicted octanol–water partition coefficient (Wildman–Crippen LogP) is 3.97. The van der Waals surface area contributed by atoms with E-state index in [1.165, 1.54) is 25.7 Å². The fourth-order valence-corrected chi connectivity index (χ4v) is 0.866. The van der Waals surface area contributed by atoms with Gasteiger partial charge in [0.05, 0.1) is 0 Å². The number of hydrogen-bond donors (Lipinski definition) is 0. The van der Waals surface area contributed by atoms with Crippen molar-refractivity contribution in [2.24, 2.45) is 0 Å². The summed E-state index contributed by atoms with van der Waals surface area (Å²) in [5, 5.41) is 0. The van der Waals surface area contributed by atoms with Crippen LogP contribution >= 0.6 is 0 Å². The van der Waals surface area contributed by atoms with Crippen molar-refractivity contribution in [1.82, 2.24) is 0 Å². The summed E-state index contributed by atoms with van der Waals surface area (Å²) in [7, 11) is 0. The van der Waals surface area contributed by atoms with Crippen LogP contribution in [0.2, 0.25) is 0 Å². The molecule has 0 fully saturated rings. The molecule has 0 aliphatic carbocycles. The Morgan fingerprint density at radius 1 is 0.733 bits per heavy atom. The number of hydrogen-bond acceptors (Lipinski definition) is 2. The molecule has 0 unspecified atom stereocenters. The Labute approximate surface area is 127 Å². The van der Waals surface area contributed by atoms with Crippen molar-refractivity contribution in [3.05, 3.63) is 13.8 Å². The Kier molecular flexibility index (Phi) is 116. The second-order valence-electron chi connectivity index (χ2n) is 2.12. The first-order valence-electron chi connectivity index (χ1n) is 5.41. The third kappa shape index (κ3) is 93.4. The van der Waals surface area contributed by atoms with Gasteiger partial charge in [0.1, 0.15) is 0 Å². The molecule has 15 heavy (non-hydrogen) atoms. The van der Waals surface area contributed by atoms with E-state index in [1.54, 1.807) is 13.8 Å². The van der Waals surface area contributed by atoms with Gasteiger partial charge >= 0.3 is 23.9 Å². The van der Waals surface area contributed by atoms with Crippen LogP contribution in [0.1, 0.15) is 53.4 Å². The molecule has 0 aliphatic rings. The summed E-state index contributed by atoms with van der Waals surface area (Å²) in [6, 6.07) is 0. The van der Waals surface area contributed by atoms with Gasteiger partial charge in [-0.05, 0) is 0 Å². The maximum Gasteiger partial charge on any atom is 2.00 e. The van der Waals surface area contributed by atoms with Crippen LogP contribution in [0.3, 0.4) is 0 Å². The van der Waals surface area contributed by atoms with Crippen molar-refractivity contribution in [1.29, 1.82) is 0 Å². The van der Waals surface area contributed by atoms with Gasteiger partial charge in [-0.1, -0.05) is 67.2 Å². The van der Waals surface area contributed by atoms with Crippen LogP contribution in [0.25, 0.3) is 0 Å². The van der Waals surface area contributed by atoms with Crippen LogP contribution < -0.4 is 0 Å². The average molecular weight is 355 g/mol. The van der Waals surface area contributed by atoms with E-state index in [9.17, 15) is 0 Å². The van der Waals surface area contributed by atoms with Crippen molar-refractivity contribution < 1.29 is 0 Å². The SMILES string of the molecule is CCCC[S-].CCCC[S-].[CH2]C.[CH2]C.[Sn+2]. The molecule has 0 saturated carbocycles. The van der Waals surface area contributed by atoms with Gasteiger partial charge in [0.25, 0.3) is 0 Å². The number of unbranched alkanes of at least 4 members (excludes halogenated alkanes) is 2. The Bertz CT molecular complexity index is 34.6. The first kappa shape index (κ1) is 30.0. The topological polar surface area (TPSA) is 0 Å². The van der Waals surface area contributed by atoms with Gasteiger partial charge in [-0.3, -0.25) is 0 Å². The van der Waals surface area contributed by atoms with Crippen LogP contribution in [-0.2, 0) is 25.3 Å². The Balaban J connectivity index is -0.0000000318. The van der Waals surface area contributed by atoms with E-state index in [2.05, 4.69) is 53.0 Å². The fraction of sp³-hybridized carbons (Fsp3) is 0.833. The molecule has 92 valence electrons. The average Bonchev–Trinajstić information content (AvgIpc) is 2.27. The van der Waals surface area contributed by atoms with Crippen molar-refractivity contribution in [2.75, 3.05) is 11.5 Å². The molecule has 0 aromatic heterocycles. The summed E-state index contributed by atoms with van der Waals surface area (Å²) in [5.74, 6) is 1.85. The van der Waals surface area contributed by atoms with E-state index < -0.39 is 0 Å². The fourth-order valence-electron chi connectivity index (χ4n) is 0.289. The van der Waals surface area contributed by atoms with Gasteiger partial charge in [-0.25, -0.2) is 0 Å². The first-order valence-corrected chi connectivity index (χ1v) is 6.56. The summed E-state index contributed by atoms with van der Waals surface area (Å²) in [6.45, 7) is 14.3. The monoisotopic (exact) mass is 356 g/mol. The van der Waals surface area contributed by atoms with Crippen molar-refractivity contribution >= 4 is 49.2 Å². The molecular formula is C12H28S2Sn. The van der Waals surface area contributed by atoms with Crippen LogP contribution in [-0.4, -0.2) is 35.4 Å². The Hall–Kier alpha value is 1.50. The summed E-state index contributed by atoms with van der Waals surface area (Å²) in [5.41, 5.74) is 0. The molecule has 3 heteroatoms. The molecule has 0 bridgehead atoms. The molecule has 0 heterocycles. The normalized spacial score (nSPS) is 6.40. The smallest absolute Gasteiger partial charge is 0.793 e. The zero-order valence-electron chi connectivity index (χ0n) is 11.0. The Morgan fingerprint density at radius 3 is 0.933 bits per heavy atom. The van der Waals surface area contributed by atoms with Crippen LogP contribution in [0.4, 0.5) is 0 Å². The summed E-state index contributed by atoms with van der Waals surface area (Å²) in [4.78, 5) is 0. The van der Waals surface area contributed by atoms with E-state index in [-0.39, 0.29) is 23.9 Å². The third-order valence-electron chi connectivity index (χ3n) is 0.996. The van der Waals surface area contributed by atoms with Gasteiger partial charge in [-0.15, -0.1) is 0 Å². The molecule has 0 aliphatic heterocycles. The van der Waals surface area contributed by atoms with E-state index in [1.807, 2.05) is 0 Å². The summed E-state index contributed by atoms with van der Waals surface area (Å²) < 4.78 is 0. The molecule has 0 saturated heterocycles. The van der Waals surface area contributed by atoms with Crippen molar-refractivity contribution in [3.63, 3.8) is 0 Å². The molecule has 0 amide bonds. The molecule has 0 aromatic carbocycles. The maximum absolute atomic E-state index is 4.65. The van der Waals surface area contributed by atoms with Crippen LogP contribution in [0.15, 0.2) is 0 Å². The van der Waals surface area contributed by atoms with Crippen molar-refractivity contribution in [2.45, 2.75) is 53.4 Å². The number of rotatable bonds is 4. The quantitative estimate of drug-likeness (QED) is 0.553. The minimum absolute atomic E-state index is 0. The molecule has 0 spiro atoms. The van der Waals surface area contributed by atoms with Gasteiger partial charge in [0.15, 0.2) is 0 Å². The Morgan fingerprint density at radius 2 is 0.933 bits per heavy atom. The maximum atomic E-state index is 4.65. The van der Waals surface area contributed by atoms with Crippen LogP contribution in [0, 0.1) is 13.8 Å². The molecule has 4 radical (unpaired) electrons. The second-order valence-corrected chi connectivity index (χ2v) is 2.93. The van der Waals surface area contributed by atoms with Gasteiger partial charge in [0, 0.05) is 0 Å². The minimum Gasteiger partial charge on any atom is -0.793 e. The third-order valence-corrected chi connectivity index (χ3v) is 1.57. The van der Waals surface area contributed by atoms with E-state index >= 15 is 0 Å². The first-order chi connectivity index (χ1) is 6.83. The minimum atomic E-state index is 0. The van der Waals surface area contributed by atoms with Gasteiger partial charge in [-0.2, -0.15) is 11.5 Å². The van der Waals surface area contributed by atoms with Crippen molar-refractivity contribution in [3.8, 4) is 0 Å². The molecule has 0 N–H and O–H groups in total. The molecular weight excluding hydrogens is 327 g/mol. The zero-order valence-corrected chi connectivity index (χ0v) is 15.5. The molecule has 0 aromatic rings. The molecule has 0 nitrogen and oxygen atoms in total. The molecule has 0 atom stereocenters. The van der Waals surface area contributed by atoms with E-state index in [0.717, 1.165) is 11.5 Å². The largest absolute Gasteiger partial charge is 2.00 e. The standard InChI is InChI=1S/2C4H10S.2C2H5.Sn/c2*1-2-3-4-5;2*1-2;/h2*5H,2-4H2,1H3;2*1H2,2H3;/q;;;;+2/p-2. The zero-order chi connectivity index (χ0) is 12.2. The van der Waals surface area contributed by atoms with Gasteiger partial charge < -0.3 is 25.3 Å². The summed E-state index contributed by atoms with van der Waals surface area (Å²) >= 11 is 9.30. The molecule has 0 rings (SSSR count).